The first-order valence-corrected chi connectivity index (χ1v) is 20.2. The maximum Gasteiger partial charge on any atom is 0.195 e. The van der Waals surface area contributed by atoms with Crippen LogP contribution in [0, 0.1) is 0 Å². The molecule has 2 unspecified atom stereocenters. The Bertz CT molecular complexity index is 1310. The normalized spacial score (nSPS) is 25.5. The van der Waals surface area contributed by atoms with Gasteiger partial charge < -0.3 is 10.6 Å². The molecule has 0 aliphatic carbocycles. The van der Waals surface area contributed by atoms with Gasteiger partial charge in [-0.05, 0) is 107 Å². The predicted molar refractivity (Wildman–Crippen MR) is 229 cm³/mol. The van der Waals surface area contributed by atoms with Gasteiger partial charge in [-0.25, -0.2) is 31.7 Å². The molecule has 0 spiro atoms. The molecule has 0 aromatic rings. The summed E-state index contributed by atoms with van der Waals surface area (Å²) < 4.78 is 0. The quantitative estimate of drug-likeness (QED) is 0.0856. The van der Waals surface area contributed by atoms with Gasteiger partial charge in [0.1, 0.15) is 23.3 Å². The average molecular weight is 747 g/mol. The van der Waals surface area contributed by atoms with E-state index in [-0.39, 0.29) is 34.2 Å². The highest BCUT2D eigenvalue weighted by Crippen LogP contribution is 2.36. The van der Waals surface area contributed by atoms with Crippen molar-refractivity contribution < 1.29 is 0 Å². The molecule has 2 saturated heterocycles. The molecule has 4 rings (SSSR count). The summed E-state index contributed by atoms with van der Waals surface area (Å²) in [4.78, 5) is 25.7. The topological polar surface area (TPSA) is 138 Å². The second-order valence-electron chi connectivity index (χ2n) is 18.3. The molecule has 0 saturated carbocycles. The number of nitrogens with two attached hydrogens (primary N) is 2. The van der Waals surface area contributed by atoms with Crippen LogP contribution in [0.15, 0.2) is 70.6 Å². The van der Waals surface area contributed by atoms with Crippen LogP contribution in [0.2, 0.25) is 0 Å². The number of nitrogens with one attached hydrogen (secondary N) is 2. The van der Waals surface area contributed by atoms with Gasteiger partial charge in [0.25, 0.3) is 0 Å². The van der Waals surface area contributed by atoms with Gasteiger partial charge >= 0.3 is 0 Å². The summed E-state index contributed by atoms with van der Waals surface area (Å²) in [5.74, 6) is 17.5. The van der Waals surface area contributed by atoms with E-state index in [0.29, 0.717) is 38.8 Å². The standard InChI is InChI=1S/C42H74N12/c1-13-17-21-33-45-35(23-19-15-3)53(43)37(47-33)51(31-27-39(5,6)49-40(7,8)28-31)25-26-52(32-29-41(9,10)50-42(11,12)30-32)38-48-34(22-18-14-2)46-36(54(38)44)24-20-16-4/h13-16,31-32,37-38,49-50H,1-4,17-30,43-44H2,5-12H3. The molecule has 6 N–H and O–H groups in total. The number of allylic oxidation sites excluding steroid dienone is 4. The Morgan fingerprint density at radius 3 is 1.17 bits per heavy atom. The first-order valence-electron chi connectivity index (χ1n) is 20.2. The van der Waals surface area contributed by atoms with Crippen molar-refractivity contribution in [1.82, 2.24) is 30.5 Å². The second-order valence-corrected chi connectivity index (χ2v) is 18.3. The van der Waals surface area contributed by atoms with Crippen LogP contribution >= 0.6 is 0 Å². The Labute approximate surface area is 327 Å². The van der Waals surface area contributed by atoms with Crippen molar-refractivity contribution in [3.8, 4) is 0 Å². The van der Waals surface area contributed by atoms with Crippen molar-refractivity contribution in [3.05, 3.63) is 50.6 Å². The minimum Gasteiger partial charge on any atom is -0.307 e. The number of hydrogen-bond acceptors (Lipinski definition) is 12. The van der Waals surface area contributed by atoms with Crippen LogP contribution in [0.1, 0.15) is 132 Å². The molecule has 0 aromatic heterocycles. The summed E-state index contributed by atoms with van der Waals surface area (Å²) in [6.07, 6.45) is 16.6. The number of hydrazine groups is 2. The first kappa shape index (κ1) is 43.7. The number of hydrogen-bond donors (Lipinski definition) is 4. The van der Waals surface area contributed by atoms with Crippen molar-refractivity contribution in [2.45, 2.75) is 179 Å². The predicted octanol–water partition coefficient (Wildman–Crippen LogP) is 6.61. The van der Waals surface area contributed by atoms with E-state index in [0.717, 1.165) is 74.7 Å². The fourth-order valence-electron chi connectivity index (χ4n) is 9.34. The zero-order chi connectivity index (χ0) is 39.9. The lowest BCUT2D eigenvalue weighted by Gasteiger charge is -2.54. The van der Waals surface area contributed by atoms with Crippen molar-refractivity contribution in [2.24, 2.45) is 31.7 Å². The van der Waals surface area contributed by atoms with Gasteiger partial charge in [0, 0.05) is 73.0 Å². The lowest BCUT2D eigenvalue weighted by Crippen LogP contribution is -2.68. The summed E-state index contributed by atoms with van der Waals surface area (Å²) in [6.45, 7) is 35.7. The lowest BCUT2D eigenvalue weighted by atomic mass is 9.78. The zero-order valence-electron chi connectivity index (χ0n) is 35.1. The molecular weight excluding hydrogens is 673 g/mol. The molecule has 302 valence electrons. The SMILES string of the molecule is C=CCCC1=NC(N(CCN(C2CC(C)(C)NC(C)(C)C2)C2N=C(CCC=C)N=C(CCC=C)N2N)C2CC(C)(C)NC(C)(C)C2)N(N)C(CCC=C)=N1. The van der Waals surface area contributed by atoms with Crippen molar-refractivity contribution in [1.29, 1.82) is 0 Å². The van der Waals surface area contributed by atoms with E-state index in [2.05, 4.69) is 102 Å². The Morgan fingerprint density at radius 2 is 0.870 bits per heavy atom. The van der Waals surface area contributed by atoms with Crippen LogP contribution in [0.4, 0.5) is 0 Å². The van der Waals surface area contributed by atoms with Crippen molar-refractivity contribution in [3.63, 3.8) is 0 Å². The summed E-state index contributed by atoms with van der Waals surface area (Å²) in [5, 5.41) is 11.4. The molecule has 2 atom stereocenters. The number of amidine groups is 4. The smallest absolute Gasteiger partial charge is 0.195 e. The van der Waals surface area contributed by atoms with Crippen LogP contribution in [0.25, 0.3) is 0 Å². The fourth-order valence-corrected chi connectivity index (χ4v) is 9.34. The molecule has 12 heteroatoms. The van der Waals surface area contributed by atoms with E-state index in [1.54, 1.807) is 0 Å². The molecule has 12 nitrogen and oxygen atoms in total. The van der Waals surface area contributed by atoms with E-state index in [1.807, 2.05) is 34.3 Å². The van der Waals surface area contributed by atoms with Gasteiger partial charge in [-0.15, -0.1) is 26.3 Å². The maximum absolute atomic E-state index is 7.09. The third-order valence-electron chi connectivity index (χ3n) is 10.9. The summed E-state index contributed by atoms with van der Waals surface area (Å²) >= 11 is 0. The molecule has 0 radical (unpaired) electrons. The van der Waals surface area contributed by atoms with E-state index >= 15 is 0 Å². The van der Waals surface area contributed by atoms with Crippen molar-refractivity contribution in [2.75, 3.05) is 13.1 Å². The molecule has 4 heterocycles. The molecule has 0 aromatic carbocycles. The van der Waals surface area contributed by atoms with Crippen LogP contribution < -0.4 is 22.3 Å². The van der Waals surface area contributed by atoms with E-state index in [1.165, 1.54) is 0 Å². The Balaban J connectivity index is 1.82. The summed E-state index contributed by atoms with van der Waals surface area (Å²) in [6, 6.07) is 0.379. The van der Waals surface area contributed by atoms with Crippen LogP contribution in [0.3, 0.4) is 0 Å². The maximum atomic E-state index is 7.09. The molecule has 0 bridgehead atoms. The second kappa shape index (κ2) is 18.3. The Kier molecular flexibility index (Phi) is 14.8. The number of nitrogens with zero attached hydrogens (tertiary/aromatic N) is 8. The number of aliphatic imine (C=N–C) groups is 4. The van der Waals surface area contributed by atoms with Gasteiger partial charge in [-0.2, -0.15) is 0 Å². The summed E-state index contributed by atoms with van der Waals surface area (Å²) in [7, 11) is 0. The van der Waals surface area contributed by atoms with Gasteiger partial charge in [-0.1, -0.05) is 24.3 Å². The molecule has 0 amide bonds. The number of piperidine rings is 2. The Morgan fingerprint density at radius 1 is 0.574 bits per heavy atom. The molecular formula is C42H74N12. The lowest BCUT2D eigenvalue weighted by molar-refractivity contribution is -0.0360. The minimum atomic E-state index is -0.420. The molecule has 54 heavy (non-hydrogen) atoms. The fraction of sp³-hybridized carbons (Fsp3) is 0.714. The van der Waals surface area contributed by atoms with Crippen LogP contribution in [-0.2, 0) is 0 Å². The monoisotopic (exact) mass is 747 g/mol. The van der Waals surface area contributed by atoms with E-state index in [4.69, 9.17) is 31.7 Å². The highest BCUT2D eigenvalue weighted by molar-refractivity contribution is 5.99. The van der Waals surface area contributed by atoms with Gasteiger partial charge in [0.2, 0.25) is 0 Å². The average Bonchev–Trinajstić information content (AvgIpc) is 3.05. The van der Waals surface area contributed by atoms with Gasteiger partial charge in [-0.3, -0.25) is 19.8 Å². The van der Waals surface area contributed by atoms with Gasteiger partial charge in [0.15, 0.2) is 12.6 Å². The summed E-state index contributed by atoms with van der Waals surface area (Å²) in [5.41, 5.74) is -0.353. The first-order chi connectivity index (χ1) is 25.3. The molecule has 4 aliphatic heterocycles. The van der Waals surface area contributed by atoms with E-state index < -0.39 is 12.6 Å². The zero-order valence-corrected chi connectivity index (χ0v) is 35.1. The van der Waals surface area contributed by atoms with Gasteiger partial charge in [0.05, 0.1) is 0 Å². The van der Waals surface area contributed by atoms with E-state index in [9.17, 15) is 0 Å². The highest BCUT2D eigenvalue weighted by Gasteiger charge is 2.46. The third kappa shape index (κ3) is 11.8. The molecule has 4 aliphatic rings. The number of rotatable bonds is 19. The largest absolute Gasteiger partial charge is 0.307 e. The van der Waals surface area contributed by atoms with Crippen LogP contribution in [-0.4, -0.2) is 103 Å². The minimum absolute atomic E-state index is 0.0883. The Hall–Kier alpha value is -3.00. The van der Waals surface area contributed by atoms with Crippen LogP contribution in [0.5, 0.6) is 0 Å². The third-order valence-corrected chi connectivity index (χ3v) is 10.9. The molecule has 2 fully saturated rings. The highest BCUT2D eigenvalue weighted by atomic mass is 15.6. The van der Waals surface area contributed by atoms with Crippen molar-refractivity contribution >= 4 is 23.3 Å².